The average molecular weight is 382 g/mol. The third-order valence-electron chi connectivity index (χ3n) is 4.82. The van der Waals surface area contributed by atoms with E-state index in [0.29, 0.717) is 17.9 Å². The van der Waals surface area contributed by atoms with Crippen molar-refractivity contribution in [2.45, 2.75) is 26.2 Å². The second-order valence-corrected chi connectivity index (χ2v) is 6.59. The minimum Gasteiger partial charge on any atom is -0.353 e. The maximum absolute atomic E-state index is 12.7. The number of nitrogens with one attached hydrogen (secondary N) is 2. The van der Waals surface area contributed by atoms with Crippen molar-refractivity contribution in [1.82, 2.24) is 15.7 Å². The number of carbonyl (C=O) groups is 2. The molecular weight excluding hydrogens is 356 g/mol. The van der Waals surface area contributed by atoms with Gasteiger partial charge in [-0.15, -0.1) is 0 Å². The van der Waals surface area contributed by atoms with Crippen LogP contribution in [0.5, 0.6) is 0 Å². The van der Waals surface area contributed by atoms with Gasteiger partial charge in [-0.3, -0.25) is 10.0 Å². The van der Waals surface area contributed by atoms with E-state index in [-0.39, 0.29) is 32.0 Å². The molecule has 0 saturated carbocycles. The summed E-state index contributed by atoms with van der Waals surface area (Å²) in [7, 11) is 0. The third kappa shape index (κ3) is 5.44. The van der Waals surface area contributed by atoms with E-state index in [1.54, 1.807) is 0 Å². The summed E-state index contributed by atoms with van der Waals surface area (Å²) < 4.78 is 0. The normalized spacial score (nSPS) is 18.0. The molecule has 0 fully saturated rings. The topological polar surface area (TPSA) is 105 Å². The quantitative estimate of drug-likeness (QED) is 0.365. The molecule has 1 aromatic rings. The summed E-state index contributed by atoms with van der Waals surface area (Å²) in [5, 5.41) is 23.8. The summed E-state index contributed by atoms with van der Waals surface area (Å²) in [6.45, 7) is 2.22. The first-order valence-corrected chi connectivity index (χ1v) is 9.36. The number of hydrogen-bond donors (Lipinski definition) is 3. The van der Waals surface area contributed by atoms with Gasteiger partial charge in [-0.25, -0.2) is 9.86 Å². The van der Waals surface area contributed by atoms with E-state index in [4.69, 9.17) is 5.26 Å². The Morgan fingerprint density at radius 1 is 1.25 bits per heavy atom. The van der Waals surface area contributed by atoms with Crippen molar-refractivity contribution in [3.05, 3.63) is 54.1 Å². The highest BCUT2D eigenvalue weighted by atomic mass is 16.5. The van der Waals surface area contributed by atoms with Gasteiger partial charge >= 0.3 is 6.03 Å². The molecule has 7 nitrogen and oxygen atoms in total. The number of amides is 3. The molecule has 3 amide bonds. The van der Waals surface area contributed by atoms with Gasteiger partial charge in [0.1, 0.15) is 0 Å². The highest BCUT2D eigenvalue weighted by Crippen LogP contribution is 2.36. The van der Waals surface area contributed by atoms with Crippen molar-refractivity contribution in [3.63, 3.8) is 0 Å². The zero-order valence-corrected chi connectivity index (χ0v) is 16.0. The first-order chi connectivity index (χ1) is 13.5. The van der Waals surface area contributed by atoms with Crippen LogP contribution in [0, 0.1) is 16.7 Å². The molecule has 1 atom stereocenters. The van der Waals surface area contributed by atoms with Crippen molar-refractivity contribution in [2.24, 2.45) is 5.41 Å². The molecule has 28 heavy (non-hydrogen) atoms. The molecule has 1 aliphatic carbocycles. The second-order valence-electron chi connectivity index (χ2n) is 6.59. The van der Waals surface area contributed by atoms with Crippen LogP contribution in [-0.2, 0) is 4.79 Å². The number of rotatable bonds is 8. The maximum Gasteiger partial charge on any atom is 0.341 e. The van der Waals surface area contributed by atoms with E-state index in [2.05, 4.69) is 16.7 Å². The molecule has 1 unspecified atom stereocenters. The number of allylic oxidation sites excluding steroid dienone is 3. The fourth-order valence-corrected chi connectivity index (χ4v) is 2.98. The summed E-state index contributed by atoms with van der Waals surface area (Å²) >= 11 is 0. The maximum atomic E-state index is 12.7. The van der Waals surface area contributed by atoms with Gasteiger partial charge in [0.2, 0.25) is 5.91 Å². The number of carbonyl (C=O) groups excluding carboxylic acids is 2. The first kappa shape index (κ1) is 21.2. The standard InChI is InChI=1S/C21H26N4O3/c1-2-21(11-9-18(10-12-21)17-7-4-3-5-8-17)19(26)23-15-16-25(28)20(27)24-14-6-13-22/h3-5,7-11,28H,2,6,12,14-16H2,1H3,(H,23,26)(H,24,27). The van der Waals surface area contributed by atoms with Gasteiger partial charge in [-0.2, -0.15) is 5.26 Å². The summed E-state index contributed by atoms with van der Waals surface area (Å²) in [5.74, 6) is -0.132. The van der Waals surface area contributed by atoms with Crippen LogP contribution in [0.15, 0.2) is 48.6 Å². The van der Waals surface area contributed by atoms with E-state index < -0.39 is 11.4 Å². The fourth-order valence-electron chi connectivity index (χ4n) is 2.98. The summed E-state index contributed by atoms with van der Waals surface area (Å²) in [5.41, 5.74) is 1.57. The number of urea groups is 1. The number of nitrogens with zero attached hydrogens (tertiary/aromatic N) is 2. The molecular formula is C21H26N4O3. The first-order valence-electron chi connectivity index (χ1n) is 9.36. The zero-order valence-electron chi connectivity index (χ0n) is 16.0. The van der Waals surface area contributed by atoms with Crippen LogP contribution < -0.4 is 10.6 Å². The van der Waals surface area contributed by atoms with Crippen molar-refractivity contribution in [2.75, 3.05) is 19.6 Å². The Bertz CT molecular complexity index is 783. The van der Waals surface area contributed by atoms with Gasteiger partial charge in [0.15, 0.2) is 0 Å². The van der Waals surface area contributed by atoms with E-state index in [1.807, 2.05) is 55.5 Å². The van der Waals surface area contributed by atoms with Crippen LogP contribution in [0.2, 0.25) is 0 Å². The van der Waals surface area contributed by atoms with E-state index in [1.165, 1.54) is 0 Å². The molecule has 0 saturated heterocycles. The van der Waals surface area contributed by atoms with Gasteiger partial charge in [0.05, 0.1) is 24.4 Å². The number of nitriles is 1. The second kappa shape index (κ2) is 10.3. The van der Waals surface area contributed by atoms with Crippen LogP contribution in [-0.4, -0.2) is 41.8 Å². The minimum absolute atomic E-state index is 0.0429. The largest absolute Gasteiger partial charge is 0.353 e. The van der Waals surface area contributed by atoms with Crippen LogP contribution >= 0.6 is 0 Å². The van der Waals surface area contributed by atoms with E-state index in [0.717, 1.165) is 11.1 Å². The minimum atomic E-state index is -0.692. The zero-order chi connectivity index (χ0) is 20.4. The van der Waals surface area contributed by atoms with Crippen molar-refractivity contribution < 1.29 is 14.8 Å². The lowest BCUT2D eigenvalue weighted by Gasteiger charge is -2.30. The molecule has 1 aromatic carbocycles. The molecule has 0 aromatic heterocycles. The predicted molar refractivity (Wildman–Crippen MR) is 106 cm³/mol. The Morgan fingerprint density at radius 3 is 2.61 bits per heavy atom. The molecule has 0 radical (unpaired) electrons. The van der Waals surface area contributed by atoms with Gasteiger partial charge in [0, 0.05) is 13.1 Å². The lowest BCUT2D eigenvalue weighted by Crippen LogP contribution is -2.45. The summed E-state index contributed by atoms with van der Waals surface area (Å²) in [4.78, 5) is 24.3. The van der Waals surface area contributed by atoms with Crippen molar-refractivity contribution in [1.29, 1.82) is 5.26 Å². The molecule has 3 N–H and O–H groups in total. The SMILES string of the molecule is CCC1(C(=O)NCCN(O)C(=O)NCCC#N)C=CC(c2ccccc2)=CC1. The molecule has 7 heteroatoms. The van der Waals surface area contributed by atoms with Gasteiger partial charge in [-0.05, 0) is 24.0 Å². The molecule has 0 heterocycles. The Morgan fingerprint density at radius 2 is 2.00 bits per heavy atom. The highest BCUT2D eigenvalue weighted by Gasteiger charge is 2.34. The number of hydroxylamine groups is 2. The van der Waals surface area contributed by atoms with Gasteiger partial charge in [0.25, 0.3) is 0 Å². The predicted octanol–water partition coefficient (Wildman–Crippen LogP) is 2.86. The third-order valence-corrected chi connectivity index (χ3v) is 4.82. The Hall–Kier alpha value is -3.11. The molecule has 1 aliphatic rings. The molecule has 2 rings (SSSR count). The molecule has 0 aliphatic heterocycles. The Kier molecular flexibility index (Phi) is 7.78. The van der Waals surface area contributed by atoms with E-state index >= 15 is 0 Å². The summed E-state index contributed by atoms with van der Waals surface area (Å²) in [6.07, 6.45) is 7.39. The van der Waals surface area contributed by atoms with Gasteiger partial charge in [-0.1, -0.05) is 55.5 Å². The van der Waals surface area contributed by atoms with Crippen LogP contribution in [0.1, 0.15) is 31.7 Å². The molecule has 0 spiro atoms. The van der Waals surface area contributed by atoms with Crippen LogP contribution in [0.4, 0.5) is 4.79 Å². The summed E-state index contributed by atoms with van der Waals surface area (Å²) in [6, 6.07) is 11.2. The average Bonchev–Trinajstić information content (AvgIpc) is 2.74. The van der Waals surface area contributed by atoms with Gasteiger partial charge < -0.3 is 10.6 Å². The smallest absolute Gasteiger partial charge is 0.341 e. The molecule has 0 bridgehead atoms. The number of hydrogen-bond acceptors (Lipinski definition) is 4. The Balaban J connectivity index is 1.86. The monoisotopic (exact) mass is 382 g/mol. The number of benzene rings is 1. The van der Waals surface area contributed by atoms with Crippen LogP contribution in [0.25, 0.3) is 5.57 Å². The van der Waals surface area contributed by atoms with Crippen molar-refractivity contribution in [3.8, 4) is 6.07 Å². The van der Waals surface area contributed by atoms with Crippen LogP contribution in [0.3, 0.4) is 0 Å². The van der Waals surface area contributed by atoms with E-state index in [9.17, 15) is 14.8 Å². The molecule has 148 valence electrons. The Labute approximate surface area is 165 Å². The fraction of sp³-hybridized carbons (Fsp3) is 0.381. The lowest BCUT2D eigenvalue weighted by atomic mass is 9.76. The lowest BCUT2D eigenvalue weighted by molar-refractivity contribution is -0.129. The highest BCUT2D eigenvalue weighted by molar-refractivity contribution is 5.88. The van der Waals surface area contributed by atoms with Crippen molar-refractivity contribution >= 4 is 17.5 Å².